The van der Waals surface area contributed by atoms with Crippen LogP contribution in [0.25, 0.3) is 0 Å². The highest BCUT2D eigenvalue weighted by atomic mass is 16.7. The third-order valence-electron chi connectivity index (χ3n) is 5.31. The molecule has 1 unspecified atom stereocenters. The molecule has 0 amide bonds. The number of ketones is 1. The molecule has 0 spiro atoms. The van der Waals surface area contributed by atoms with E-state index < -0.39 is 17.5 Å². The Balaban J connectivity index is 2.75. The summed E-state index contributed by atoms with van der Waals surface area (Å²) in [5, 5.41) is 12.2. The van der Waals surface area contributed by atoms with E-state index in [4.69, 9.17) is 9.57 Å². The minimum atomic E-state index is -1.29. The maximum absolute atomic E-state index is 12.7. The van der Waals surface area contributed by atoms with Gasteiger partial charge in [-0.25, -0.2) is 0 Å². The van der Waals surface area contributed by atoms with Gasteiger partial charge in [-0.2, -0.15) is 5.06 Å². The first kappa shape index (κ1) is 22.1. The Bertz CT molecular complexity index is 480. The van der Waals surface area contributed by atoms with Crippen LogP contribution in [0.3, 0.4) is 0 Å². The van der Waals surface area contributed by atoms with Crippen molar-refractivity contribution in [2.24, 2.45) is 11.3 Å². The zero-order valence-electron chi connectivity index (χ0n) is 17.0. The Kier molecular flexibility index (Phi) is 6.81. The number of Topliss-reactive ketones (excluding diaryl/α,β-unsaturated/α-hetero) is 1. The van der Waals surface area contributed by atoms with E-state index in [2.05, 4.69) is 0 Å². The fourth-order valence-corrected chi connectivity index (χ4v) is 3.81. The summed E-state index contributed by atoms with van der Waals surface area (Å²) in [7, 11) is 1.63. The van der Waals surface area contributed by atoms with Crippen LogP contribution in [0.4, 0.5) is 0 Å². The van der Waals surface area contributed by atoms with Gasteiger partial charge in [-0.1, -0.05) is 6.92 Å². The lowest BCUT2D eigenvalue weighted by atomic mass is 9.73. The first-order valence-electron chi connectivity index (χ1n) is 9.02. The highest BCUT2D eigenvalue weighted by Crippen LogP contribution is 2.42. The van der Waals surface area contributed by atoms with Gasteiger partial charge in [0.05, 0.1) is 12.5 Å². The van der Waals surface area contributed by atoms with Gasteiger partial charge >= 0.3 is 5.97 Å². The molecule has 146 valence electrons. The van der Waals surface area contributed by atoms with Crippen LogP contribution < -0.4 is 0 Å². The van der Waals surface area contributed by atoms with Gasteiger partial charge in [-0.3, -0.25) is 9.59 Å². The van der Waals surface area contributed by atoms with Crippen molar-refractivity contribution in [3.8, 4) is 0 Å². The molecule has 0 aromatic heterocycles. The van der Waals surface area contributed by atoms with Gasteiger partial charge in [-0.05, 0) is 60.8 Å². The van der Waals surface area contributed by atoms with Gasteiger partial charge in [0.1, 0.15) is 12.7 Å². The molecular formula is C19H35NO5. The number of carbonyl (C=O) groups excluding carboxylic acids is 2. The number of esters is 1. The number of hydrogen-bond donors (Lipinski definition) is 1. The maximum Gasteiger partial charge on any atom is 0.311 e. The average molecular weight is 357 g/mol. The minimum absolute atomic E-state index is 0.265. The molecule has 6 heteroatoms. The number of hydroxylamine groups is 2. The first-order valence-corrected chi connectivity index (χ1v) is 9.02. The Morgan fingerprint density at radius 1 is 1.20 bits per heavy atom. The van der Waals surface area contributed by atoms with E-state index in [0.29, 0.717) is 19.3 Å². The molecule has 0 aromatic carbocycles. The molecule has 6 nitrogen and oxygen atoms in total. The average Bonchev–Trinajstić information content (AvgIpc) is 2.49. The number of rotatable bonds is 7. The van der Waals surface area contributed by atoms with Gasteiger partial charge < -0.3 is 14.7 Å². The standard InChI is InChI=1S/C19H35NO5/c1-9-17(2,3)16(23)25-12-14(21)15(22)13-10-18(4,5)20(24-8)19(6,7)11-13/h13-14,21H,9-12H2,1-8H3. The van der Waals surface area contributed by atoms with Crippen molar-refractivity contribution < 1.29 is 24.3 Å². The number of aliphatic hydroxyl groups is 1. The van der Waals surface area contributed by atoms with E-state index in [-0.39, 0.29) is 29.4 Å². The third kappa shape index (κ3) is 5.02. The van der Waals surface area contributed by atoms with Gasteiger partial charge in [0, 0.05) is 17.0 Å². The Hall–Kier alpha value is -0.980. The van der Waals surface area contributed by atoms with Crippen LogP contribution >= 0.6 is 0 Å². The van der Waals surface area contributed by atoms with Crippen LogP contribution in [0, 0.1) is 11.3 Å². The van der Waals surface area contributed by atoms with Crippen molar-refractivity contribution in [3.63, 3.8) is 0 Å². The lowest BCUT2D eigenvalue weighted by Crippen LogP contribution is -2.61. The monoisotopic (exact) mass is 357 g/mol. The molecule has 0 saturated carbocycles. The number of hydrogen-bond acceptors (Lipinski definition) is 6. The summed E-state index contributed by atoms with van der Waals surface area (Å²) in [5.74, 6) is -0.958. The summed E-state index contributed by atoms with van der Waals surface area (Å²) in [6.07, 6.45) is 0.499. The molecule has 1 fully saturated rings. The molecule has 1 rings (SSSR count). The molecule has 1 aliphatic rings. The van der Waals surface area contributed by atoms with Gasteiger partial charge in [0.15, 0.2) is 5.78 Å². The quantitative estimate of drug-likeness (QED) is 0.706. The van der Waals surface area contributed by atoms with E-state index in [1.165, 1.54) is 0 Å². The summed E-state index contributed by atoms with van der Waals surface area (Å²) in [6.45, 7) is 13.3. The Labute approximate surface area is 151 Å². The zero-order chi connectivity index (χ0) is 19.6. The summed E-state index contributed by atoms with van der Waals surface area (Å²) < 4.78 is 5.17. The summed E-state index contributed by atoms with van der Waals surface area (Å²) in [5.41, 5.74) is -1.29. The predicted octanol–water partition coefficient (Wildman–Crippen LogP) is 2.73. The summed E-state index contributed by atoms with van der Waals surface area (Å²) in [6, 6.07) is 0. The van der Waals surface area contributed by atoms with E-state index in [1.807, 2.05) is 39.7 Å². The van der Waals surface area contributed by atoms with Gasteiger partial charge in [0.2, 0.25) is 0 Å². The summed E-state index contributed by atoms with van der Waals surface area (Å²) in [4.78, 5) is 30.2. The number of piperidine rings is 1. The van der Waals surface area contributed by atoms with Crippen LogP contribution in [-0.2, 0) is 19.2 Å². The zero-order valence-corrected chi connectivity index (χ0v) is 17.0. The van der Waals surface area contributed by atoms with Crippen molar-refractivity contribution in [1.82, 2.24) is 5.06 Å². The fourth-order valence-electron chi connectivity index (χ4n) is 3.81. The first-order chi connectivity index (χ1) is 11.3. The number of carbonyl (C=O) groups is 2. The van der Waals surface area contributed by atoms with Crippen LogP contribution in [0.5, 0.6) is 0 Å². The third-order valence-corrected chi connectivity index (χ3v) is 5.31. The van der Waals surface area contributed by atoms with Crippen LogP contribution in [0.15, 0.2) is 0 Å². The molecule has 0 radical (unpaired) electrons. The predicted molar refractivity (Wildman–Crippen MR) is 95.8 cm³/mol. The van der Waals surface area contributed by atoms with E-state index in [0.717, 1.165) is 0 Å². The molecule has 1 saturated heterocycles. The topological polar surface area (TPSA) is 76.1 Å². The van der Waals surface area contributed by atoms with Crippen molar-refractivity contribution >= 4 is 11.8 Å². The normalized spacial score (nSPS) is 22.4. The lowest BCUT2D eigenvalue weighted by Gasteiger charge is -2.53. The van der Waals surface area contributed by atoms with Gasteiger partial charge in [-0.15, -0.1) is 0 Å². The Morgan fingerprint density at radius 2 is 1.68 bits per heavy atom. The molecule has 0 aromatic rings. The second-order valence-electron chi connectivity index (χ2n) is 8.96. The highest BCUT2D eigenvalue weighted by molar-refractivity contribution is 5.86. The van der Waals surface area contributed by atoms with Crippen molar-refractivity contribution in [2.45, 2.75) is 84.9 Å². The van der Waals surface area contributed by atoms with E-state index in [1.54, 1.807) is 21.0 Å². The van der Waals surface area contributed by atoms with E-state index in [9.17, 15) is 14.7 Å². The largest absolute Gasteiger partial charge is 0.462 e. The second-order valence-corrected chi connectivity index (χ2v) is 8.96. The number of nitrogens with zero attached hydrogens (tertiary/aromatic N) is 1. The number of ether oxygens (including phenoxy) is 1. The lowest BCUT2D eigenvalue weighted by molar-refractivity contribution is -0.270. The van der Waals surface area contributed by atoms with Crippen LogP contribution in [-0.4, -0.2) is 52.8 Å². The van der Waals surface area contributed by atoms with Crippen molar-refractivity contribution in [2.75, 3.05) is 13.7 Å². The van der Waals surface area contributed by atoms with Crippen molar-refractivity contribution in [1.29, 1.82) is 0 Å². The summed E-state index contributed by atoms with van der Waals surface area (Å²) >= 11 is 0. The molecular weight excluding hydrogens is 322 g/mol. The maximum atomic E-state index is 12.7. The fraction of sp³-hybridized carbons (Fsp3) is 0.895. The van der Waals surface area contributed by atoms with Gasteiger partial charge in [0.25, 0.3) is 0 Å². The molecule has 0 bridgehead atoms. The number of aliphatic hydroxyl groups excluding tert-OH is 1. The molecule has 1 heterocycles. The van der Waals surface area contributed by atoms with Crippen LogP contribution in [0.2, 0.25) is 0 Å². The van der Waals surface area contributed by atoms with E-state index >= 15 is 0 Å². The second kappa shape index (κ2) is 7.72. The molecule has 1 atom stereocenters. The SMILES string of the molecule is CCC(C)(C)C(=O)OCC(O)C(=O)C1CC(C)(C)N(OC)C(C)(C)C1. The molecule has 25 heavy (non-hydrogen) atoms. The molecule has 1 N–H and O–H groups in total. The van der Waals surface area contributed by atoms with Crippen molar-refractivity contribution in [3.05, 3.63) is 0 Å². The minimum Gasteiger partial charge on any atom is -0.462 e. The smallest absolute Gasteiger partial charge is 0.311 e. The highest BCUT2D eigenvalue weighted by Gasteiger charge is 2.48. The van der Waals surface area contributed by atoms with Crippen LogP contribution in [0.1, 0.15) is 67.7 Å². The molecule has 0 aliphatic carbocycles. The Morgan fingerprint density at radius 3 is 2.08 bits per heavy atom. The molecule has 1 aliphatic heterocycles.